The number of halogens is 1. The van der Waals surface area contributed by atoms with Crippen molar-refractivity contribution in [2.24, 2.45) is 0 Å². The van der Waals surface area contributed by atoms with Gasteiger partial charge in [-0.3, -0.25) is 0 Å². The van der Waals surface area contributed by atoms with Gasteiger partial charge in [0.15, 0.2) is 0 Å². The smallest absolute Gasteiger partial charge is 0.337 e. The van der Waals surface area contributed by atoms with Crippen molar-refractivity contribution in [2.45, 2.75) is 12.8 Å². The van der Waals surface area contributed by atoms with E-state index in [2.05, 4.69) is 0 Å². The van der Waals surface area contributed by atoms with Gasteiger partial charge in [-0.25, -0.2) is 9.18 Å². The standard InChI is InChI=1S/C21H18FNO4/c1-27-21(26)15-4-8-17(9-5-15)23-18(11-13-20(24)25)10-12-19(23)14-2-6-16(22)7-3-14/h2-10,12H,11,13H2,1H3,(H,24,25)/p-1. The summed E-state index contributed by atoms with van der Waals surface area (Å²) in [4.78, 5) is 22.5. The number of aryl methyl sites for hydroxylation is 1. The zero-order valence-electron chi connectivity index (χ0n) is 14.6. The molecule has 0 spiro atoms. The van der Waals surface area contributed by atoms with Gasteiger partial charge in [-0.1, -0.05) is 0 Å². The fraction of sp³-hybridized carbons (Fsp3) is 0.143. The summed E-state index contributed by atoms with van der Waals surface area (Å²) in [5, 5.41) is 10.9. The van der Waals surface area contributed by atoms with Gasteiger partial charge in [0.2, 0.25) is 0 Å². The molecule has 1 aromatic heterocycles. The molecule has 6 heteroatoms. The second-order valence-corrected chi connectivity index (χ2v) is 5.96. The van der Waals surface area contributed by atoms with Crippen molar-refractivity contribution in [3.63, 3.8) is 0 Å². The van der Waals surface area contributed by atoms with Crippen LogP contribution in [0.3, 0.4) is 0 Å². The number of aliphatic carboxylic acids is 1. The molecule has 0 amide bonds. The predicted molar refractivity (Wildman–Crippen MR) is 95.8 cm³/mol. The van der Waals surface area contributed by atoms with Crippen LogP contribution in [0.15, 0.2) is 60.7 Å². The number of nitrogens with zero attached hydrogens (tertiary/aromatic N) is 1. The molecular formula is C21H17FNO4-. The van der Waals surface area contributed by atoms with Crippen LogP contribution in [0, 0.1) is 5.82 Å². The summed E-state index contributed by atoms with van der Waals surface area (Å²) < 4.78 is 19.9. The number of carboxylic acid groups (broad SMARTS) is 1. The van der Waals surface area contributed by atoms with Gasteiger partial charge >= 0.3 is 5.97 Å². The highest BCUT2D eigenvalue weighted by Crippen LogP contribution is 2.28. The minimum Gasteiger partial charge on any atom is -0.550 e. The van der Waals surface area contributed by atoms with E-state index in [1.165, 1.54) is 19.2 Å². The van der Waals surface area contributed by atoms with Crippen LogP contribution in [-0.4, -0.2) is 23.6 Å². The third kappa shape index (κ3) is 4.06. The summed E-state index contributed by atoms with van der Waals surface area (Å²) in [6, 6.07) is 16.5. The lowest BCUT2D eigenvalue weighted by Crippen LogP contribution is -2.22. The van der Waals surface area contributed by atoms with Crippen LogP contribution in [0.2, 0.25) is 0 Å². The Hall–Kier alpha value is -3.41. The summed E-state index contributed by atoms with van der Waals surface area (Å²) in [7, 11) is 1.31. The van der Waals surface area contributed by atoms with Crippen LogP contribution in [0.5, 0.6) is 0 Å². The number of hydrogen-bond donors (Lipinski definition) is 0. The third-order valence-corrected chi connectivity index (χ3v) is 4.23. The molecule has 27 heavy (non-hydrogen) atoms. The fourth-order valence-electron chi connectivity index (χ4n) is 2.92. The maximum absolute atomic E-state index is 13.3. The van der Waals surface area contributed by atoms with Crippen LogP contribution in [0.1, 0.15) is 22.5 Å². The van der Waals surface area contributed by atoms with Crippen LogP contribution in [-0.2, 0) is 16.0 Å². The predicted octanol–water partition coefficient (Wildman–Crippen LogP) is 2.75. The quantitative estimate of drug-likeness (QED) is 0.629. The summed E-state index contributed by atoms with van der Waals surface area (Å²) in [6.45, 7) is 0. The van der Waals surface area contributed by atoms with E-state index in [1.54, 1.807) is 36.4 Å². The molecular weight excluding hydrogens is 349 g/mol. The van der Waals surface area contributed by atoms with Gasteiger partial charge in [0.1, 0.15) is 5.82 Å². The van der Waals surface area contributed by atoms with E-state index >= 15 is 0 Å². The van der Waals surface area contributed by atoms with Crippen molar-refractivity contribution in [3.05, 3.63) is 77.7 Å². The van der Waals surface area contributed by atoms with Crippen LogP contribution >= 0.6 is 0 Å². The second kappa shape index (κ2) is 7.86. The first-order chi connectivity index (χ1) is 13.0. The van der Waals surface area contributed by atoms with E-state index in [-0.39, 0.29) is 18.7 Å². The first kappa shape index (κ1) is 18.4. The number of carbonyl (C=O) groups is 2. The van der Waals surface area contributed by atoms with Crippen LogP contribution < -0.4 is 5.11 Å². The molecule has 2 aromatic carbocycles. The van der Waals surface area contributed by atoms with Gasteiger partial charge in [0.25, 0.3) is 0 Å². The molecule has 0 radical (unpaired) electrons. The monoisotopic (exact) mass is 366 g/mol. The van der Waals surface area contributed by atoms with Gasteiger partial charge in [-0.05, 0) is 79.1 Å². The van der Waals surface area contributed by atoms with Crippen molar-refractivity contribution in [1.29, 1.82) is 0 Å². The van der Waals surface area contributed by atoms with Gasteiger partial charge in [0.05, 0.1) is 18.4 Å². The van der Waals surface area contributed by atoms with Crippen molar-refractivity contribution >= 4 is 11.9 Å². The van der Waals surface area contributed by atoms with E-state index in [9.17, 15) is 19.1 Å². The Bertz CT molecular complexity index is 959. The molecule has 0 aliphatic rings. The van der Waals surface area contributed by atoms with Crippen LogP contribution in [0.25, 0.3) is 16.9 Å². The normalized spacial score (nSPS) is 10.6. The Labute approximate surface area is 155 Å². The maximum atomic E-state index is 13.3. The Morgan fingerprint density at radius 3 is 2.26 bits per heavy atom. The molecule has 0 fully saturated rings. The zero-order valence-corrected chi connectivity index (χ0v) is 14.6. The lowest BCUT2D eigenvalue weighted by atomic mass is 10.1. The molecule has 0 aliphatic heterocycles. The molecule has 3 rings (SSSR count). The van der Waals surface area contributed by atoms with E-state index in [4.69, 9.17) is 4.74 Å². The Morgan fingerprint density at radius 2 is 1.67 bits per heavy atom. The molecule has 0 saturated heterocycles. The number of benzene rings is 2. The van der Waals surface area contributed by atoms with E-state index in [0.29, 0.717) is 5.56 Å². The number of hydrogen-bond acceptors (Lipinski definition) is 4. The number of rotatable bonds is 6. The maximum Gasteiger partial charge on any atom is 0.337 e. The first-order valence-corrected chi connectivity index (χ1v) is 8.35. The lowest BCUT2D eigenvalue weighted by molar-refractivity contribution is -0.305. The average molecular weight is 366 g/mol. The zero-order chi connectivity index (χ0) is 19.4. The Kier molecular flexibility index (Phi) is 5.35. The fourth-order valence-corrected chi connectivity index (χ4v) is 2.92. The SMILES string of the molecule is COC(=O)c1ccc(-n2c(CCC(=O)[O-])ccc2-c2ccc(F)cc2)cc1. The minimum absolute atomic E-state index is 0.118. The highest BCUT2D eigenvalue weighted by molar-refractivity contribution is 5.89. The van der Waals surface area contributed by atoms with Crippen molar-refractivity contribution in [3.8, 4) is 16.9 Å². The minimum atomic E-state index is -1.13. The molecule has 3 aromatic rings. The summed E-state index contributed by atoms with van der Waals surface area (Å²) in [5.41, 5.74) is 3.50. The second-order valence-electron chi connectivity index (χ2n) is 5.96. The van der Waals surface area contributed by atoms with Gasteiger partial charge in [-0.15, -0.1) is 0 Å². The molecule has 0 atom stereocenters. The molecule has 5 nitrogen and oxygen atoms in total. The number of methoxy groups -OCH3 is 1. The lowest BCUT2D eigenvalue weighted by Gasteiger charge is -2.15. The largest absolute Gasteiger partial charge is 0.550 e. The van der Waals surface area contributed by atoms with E-state index < -0.39 is 11.9 Å². The first-order valence-electron chi connectivity index (χ1n) is 8.35. The molecule has 1 heterocycles. The summed E-state index contributed by atoms with van der Waals surface area (Å²) in [6.07, 6.45) is 0.162. The van der Waals surface area contributed by atoms with Crippen molar-refractivity contribution in [2.75, 3.05) is 7.11 Å². The highest BCUT2D eigenvalue weighted by atomic mass is 19.1. The average Bonchev–Trinajstić information content (AvgIpc) is 3.10. The highest BCUT2D eigenvalue weighted by Gasteiger charge is 2.13. The van der Waals surface area contributed by atoms with Gasteiger partial charge < -0.3 is 19.2 Å². The van der Waals surface area contributed by atoms with Gasteiger partial charge in [0, 0.05) is 17.4 Å². The summed E-state index contributed by atoms with van der Waals surface area (Å²) >= 11 is 0. The topological polar surface area (TPSA) is 71.4 Å². The van der Waals surface area contributed by atoms with E-state index in [0.717, 1.165) is 22.6 Å². The Morgan fingerprint density at radius 1 is 1.00 bits per heavy atom. The number of carbonyl (C=O) groups excluding carboxylic acids is 2. The molecule has 0 N–H and O–H groups in total. The molecule has 0 saturated carbocycles. The van der Waals surface area contributed by atoms with E-state index in [1.807, 2.05) is 16.7 Å². The number of carboxylic acids is 1. The van der Waals surface area contributed by atoms with Crippen LogP contribution in [0.4, 0.5) is 4.39 Å². The number of ether oxygens (including phenoxy) is 1. The molecule has 0 aliphatic carbocycles. The molecule has 0 unspecified atom stereocenters. The molecule has 0 bridgehead atoms. The van der Waals surface area contributed by atoms with Crippen molar-refractivity contribution in [1.82, 2.24) is 4.57 Å². The molecule has 138 valence electrons. The number of aromatic nitrogens is 1. The Balaban J connectivity index is 2.06. The number of esters is 1. The van der Waals surface area contributed by atoms with Gasteiger partial charge in [-0.2, -0.15) is 0 Å². The van der Waals surface area contributed by atoms with Crippen molar-refractivity contribution < 1.29 is 23.8 Å². The third-order valence-electron chi connectivity index (χ3n) is 4.23. The summed E-state index contributed by atoms with van der Waals surface area (Å²) in [5.74, 6) is -1.91.